The van der Waals surface area contributed by atoms with Crippen LogP contribution in [0.4, 0.5) is 4.39 Å². The summed E-state index contributed by atoms with van der Waals surface area (Å²) in [5.74, 6) is -0.350. The maximum Gasteiger partial charge on any atom is 0.145 e. The molecule has 10 rings (SSSR count). The van der Waals surface area contributed by atoms with Crippen LogP contribution in [0.2, 0.25) is 0 Å². The van der Waals surface area contributed by atoms with Gasteiger partial charge in [-0.25, -0.2) is 24.3 Å². The third kappa shape index (κ3) is 4.78. The fourth-order valence-electron chi connectivity index (χ4n) is 7.22. The molecule has 240 valence electrons. The van der Waals surface area contributed by atoms with Crippen LogP contribution in [-0.2, 0) is 0 Å². The van der Waals surface area contributed by atoms with Crippen LogP contribution in [-0.4, -0.2) is 29.1 Å². The predicted molar refractivity (Wildman–Crippen MR) is 203 cm³/mol. The molecule has 0 saturated carbocycles. The SMILES string of the molecule is Fc1cc(-c2cccc(-c3cccc(-c4ccc(-n5c6ccccc6c6cccnc65)cc4)n3)n2)cc(-n2c3ccccc3c3cccnc32)c1. The Balaban J connectivity index is 1.01. The van der Waals surface area contributed by atoms with Crippen LogP contribution in [0, 0.1) is 5.82 Å². The van der Waals surface area contributed by atoms with Gasteiger partial charge < -0.3 is 0 Å². The van der Waals surface area contributed by atoms with Gasteiger partial charge in [0.25, 0.3) is 0 Å². The quantitative estimate of drug-likeness (QED) is 0.185. The molecule has 0 bridgehead atoms. The zero-order valence-corrected chi connectivity index (χ0v) is 27.1. The van der Waals surface area contributed by atoms with E-state index in [-0.39, 0.29) is 5.82 Å². The number of hydrogen-bond donors (Lipinski definition) is 0. The average Bonchev–Trinajstić information content (AvgIpc) is 3.71. The predicted octanol–water partition coefficient (Wildman–Crippen LogP) is 10.6. The molecular formula is C44H27FN6. The highest BCUT2D eigenvalue weighted by molar-refractivity contribution is 6.08. The second-order valence-electron chi connectivity index (χ2n) is 12.5. The Labute approximate surface area is 291 Å². The highest BCUT2D eigenvalue weighted by atomic mass is 19.1. The summed E-state index contributed by atoms with van der Waals surface area (Å²) in [4.78, 5) is 19.4. The number of nitrogens with zero attached hydrogens (tertiary/aromatic N) is 6. The zero-order chi connectivity index (χ0) is 33.9. The highest BCUT2D eigenvalue weighted by Crippen LogP contribution is 2.34. The van der Waals surface area contributed by atoms with Gasteiger partial charge in [-0.1, -0.05) is 60.7 Å². The average molecular weight is 659 g/mol. The summed E-state index contributed by atoms with van der Waals surface area (Å²) < 4.78 is 19.6. The fourth-order valence-corrected chi connectivity index (χ4v) is 7.22. The van der Waals surface area contributed by atoms with E-state index in [9.17, 15) is 0 Å². The molecule has 0 atom stereocenters. The van der Waals surface area contributed by atoms with E-state index >= 15 is 4.39 Å². The Morgan fingerprint density at radius 1 is 0.392 bits per heavy atom. The summed E-state index contributed by atoms with van der Waals surface area (Å²) in [6.45, 7) is 0. The van der Waals surface area contributed by atoms with Crippen LogP contribution in [0.15, 0.2) is 164 Å². The molecule has 0 aliphatic heterocycles. The van der Waals surface area contributed by atoms with Gasteiger partial charge >= 0.3 is 0 Å². The lowest BCUT2D eigenvalue weighted by molar-refractivity contribution is 0.627. The summed E-state index contributed by atoms with van der Waals surface area (Å²) in [6, 6.07) is 49.7. The van der Waals surface area contributed by atoms with Crippen LogP contribution < -0.4 is 0 Å². The molecule has 0 fully saturated rings. The Hall–Kier alpha value is -6.99. The van der Waals surface area contributed by atoms with E-state index in [1.165, 1.54) is 11.5 Å². The van der Waals surface area contributed by atoms with Crippen LogP contribution in [0.25, 0.3) is 89.2 Å². The van der Waals surface area contributed by atoms with Crippen molar-refractivity contribution in [1.29, 1.82) is 0 Å². The number of rotatable bonds is 5. The molecule has 6 heterocycles. The molecule has 0 amide bonds. The molecule has 4 aromatic carbocycles. The molecule has 0 radical (unpaired) electrons. The van der Waals surface area contributed by atoms with Gasteiger partial charge in [0.05, 0.1) is 39.5 Å². The van der Waals surface area contributed by atoms with Gasteiger partial charge in [0.15, 0.2) is 0 Å². The van der Waals surface area contributed by atoms with Crippen molar-refractivity contribution >= 4 is 43.9 Å². The van der Waals surface area contributed by atoms with Gasteiger partial charge in [0.2, 0.25) is 0 Å². The number of hydrogen-bond acceptors (Lipinski definition) is 4. The minimum absolute atomic E-state index is 0.350. The van der Waals surface area contributed by atoms with Crippen LogP contribution in [0.1, 0.15) is 0 Å². The van der Waals surface area contributed by atoms with E-state index in [0.717, 1.165) is 61.1 Å². The van der Waals surface area contributed by atoms with Crippen molar-refractivity contribution in [2.45, 2.75) is 0 Å². The van der Waals surface area contributed by atoms with Gasteiger partial charge in [-0.2, -0.15) is 0 Å². The van der Waals surface area contributed by atoms with Crippen molar-refractivity contribution in [2.24, 2.45) is 0 Å². The lowest BCUT2D eigenvalue weighted by atomic mass is 10.1. The van der Waals surface area contributed by atoms with E-state index in [1.807, 2.05) is 89.6 Å². The minimum Gasteiger partial charge on any atom is -0.294 e. The number of aromatic nitrogens is 6. The maximum atomic E-state index is 15.4. The highest BCUT2D eigenvalue weighted by Gasteiger charge is 2.16. The number of benzene rings is 4. The van der Waals surface area contributed by atoms with Crippen LogP contribution >= 0.6 is 0 Å². The van der Waals surface area contributed by atoms with Crippen molar-refractivity contribution in [3.05, 3.63) is 170 Å². The molecular weight excluding hydrogens is 632 g/mol. The van der Waals surface area contributed by atoms with Gasteiger partial charge in [0.1, 0.15) is 17.1 Å². The number of fused-ring (bicyclic) bond motifs is 6. The van der Waals surface area contributed by atoms with Crippen LogP contribution in [0.5, 0.6) is 0 Å². The van der Waals surface area contributed by atoms with E-state index < -0.39 is 0 Å². The van der Waals surface area contributed by atoms with E-state index in [2.05, 4.69) is 70.2 Å². The Morgan fingerprint density at radius 3 is 1.51 bits per heavy atom. The smallest absolute Gasteiger partial charge is 0.145 e. The van der Waals surface area contributed by atoms with Crippen molar-refractivity contribution in [2.75, 3.05) is 0 Å². The number of halogens is 1. The largest absolute Gasteiger partial charge is 0.294 e. The normalized spacial score (nSPS) is 11.6. The van der Waals surface area contributed by atoms with E-state index in [1.54, 1.807) is 12.3 Å². The molecule has 0 aliphatic carbocycles. The lowest BCUT2D eigenvalue weighted by Crippen LogP contribution is -1.98. The first-order valence-corrected chi connectivity index (χ1v) is 16.7. The standard InChI is InChI=1S/C44H27FN6/c45-30-25-29(26-32(27-30)51-42-18-4-2-10-34(42)36-12-8-24-47-44(36)51)38-14-6-16-40(49-38)39-15-5-13-37(48-39)28-19-21-31(22-20-28)50-41-17-3-1-9-33(41)35-11-7-23-46-43(35)50/h1-27H. The molecule has 0 spiro atoms. The second-order valence-corrected chi connectivity index (χ2v) is 12.5. The van der Waals surface area contributed by atoms with Gasteiger partial charge in [-0.05, 0) is 91.0 Å². The number of pyridine rings is 4. The Bertz CT molecular complexity index is 2830. The fraction of sp³-hybridized carbons (Fsp3) is 0. The maximum absolute atomic E-state index is 15.4. The van der Waals surface area contributed by atoms with E-state index in [4.69, 9.17) is 15.0 Å². The third-order valence-corrected chi connectivity index (χ3v) is 9.49. The molecule has 7 heteroatoms. The monoisotopic (exact) mass is 658 g/mol. The van der Waals surface area contributed by atoms with Crippen molar-refractivity contribution in [3.8, 4) is 45.3 Å². The molecule has 51 heavy (non-hydrogen) atoms. The molecule has 0 N–H and O–H groups in total. The van der Waals surface area contributed by atoms with Gasteiger partial charge in [-0.15, -0.1) is 0 Å². The lowest BCUT2D eigenvalue weighted by Gasteiger charge is -2.11. The topological polar surface area (TPSA) is 61.4 Å². The molecule has 0 unspecified atom stereocenters. The van der Waals surface area contributed by atoms with Crippen molar-refractivity contribution < 1.29 is 4.39 Å². The molecule has 6 aromatic heterocycles. The molecule has 6 nitrogen and oxygen atoms in total. The summed E-state index contributed by atoms with van der Waals surface area (Å²) >= 11 is 0. The first-order valence-electron chi connectivity index (χ1n) is 16.7. The van der Waals surface area contributed by atoms with Crippen molar-refractivity contribution in [1.82, 2.24) is 29.1 Å². The Morgan fingerprint density at radius 2 is 0.902 bits per heavy atom. The second kappa shape index (κ2) is 11.6. The van der Waals surface area contributed by atoms with Gasteiger partial charge in [-0.3, -0.25) is 9.13 Å². The molecule has 0 saturated heterocycles. The third-order valence-electron chi connectivity index (χ3n) is 9.49. The van der Waals surface area contributed by atoms with E-state index in [0.29, 0.717) is 22.6 Å². The zero-order valence-electron chi connectivity index (χ0n) is 27.1. The Kier molecular flexibility index (Phi) is 6.57. The summed E-state index contributed by atoms with van der Waals surface area (Å²) in [7, 11) is 0. The van der Waals surface area contributed by atoms with Crippen molar-refractivity contribution in [3.63, 3.8) is 0 Å². The summed E-state index contributed by atoms with van der Waals surface area (Å²) in [5, 5.41) is 4.38. The van der Waals surface area contributed by atoms with Crippen LogP contribution in [0.3, 0.4) is 0 Å². The minimum atomic E-state index is -0.350. The first kappa shape index (κ1) is 29.0. The summed E-state index contributed by atoms with van der Waals surface area (Å²) in [5.41, 5.74) is 10.1. The number of para-hydroxylation sites is 2. The molecule has 0 aliphatic rings. The van der Waals surface area contributed by atoms with Gasteiger partial charge in [0, 0.05) is 50.8 Å². The first-order chi connectivity index (χ1) is 25.2. The summed E-state index contributed by atoms with van der Waals surface area (Å²) in [6.07, 6.45) is 3.60. The molecule has 10 aromatic rings.